The van der Waals surface area contributed by atoms with Gasteiger partial charge in [-0.25, -0.2) is 4.39 Å². The molecule has 6 heteroatoms. The summed E-state index contributed by atoms with van der Waals surface area (Å²) in [7, 11) is 1.60. The van der Waals surface area contributed by atoms with E-state index in [0.29, 0.717) is 6.54 Å². The number of rotatable bonds is 4. The van der Waals surface area contributed by atoms with E-state index in [9.17, 15) is 14.0 Å². The molecule has 0 aliphatic carbocycles. The van der Waals surface area contributed by atoms with E-state index in [0.717, 1.165) is 12.0 Å². The molecule has 0 radical (unpaired) electrons. The van der Waals surface area contributed by atoms with Crippen LogP contribution in [0.1, 0.15) is 28.5 Å². The first-order valence-electron chi connectivity index (χ1n) is 8.01. The lowest BCUT2D eigenvalue weighted by Crippen LogP contribution is -2.32. The largest absolute Gasteiger partial charge is 0.336 e. The lowest BCUT2D eigenvalue weighted by atomic mass is 10.1. The van der Waals surface area contributed by atoms with Crippen LogP contribution in [0, 0.1) is 5.82 Å². The molecule has 0 aliphatic heterocycles. The smallest absolute Gasteiger partial charge is 0.278 e. The molecule has 0 fully saturated rings. The molecule has 5 nitrogen and oxygen atoms in total. The number of carbonyl (C=O) groups is 1. The van der Waals surface area contributed by atoms with E-state index in [1.807, 2.05) is 24.3 Å². The first-order chi connectivity index (χ1) is 12.0. The average molecular weight is 339 g/mol. The predicted octanol–water partition coefficient (Wildman–Crippen LogP) is 2.90. The molecule has 0 atom stereocenters. The normalized spacial score (nSPS) is 10.8. The molecule has 0 unspecified atom stereocenters. The van der Waals surface area contributed by atoms with E-state index in [-0.39, 0.29) is 16.6 Å². The highest BCUT2D eigenvalue weighted by atomic mass is 19.1. The zero-order valence-corrected chi connectivity index (χ0v) is 14.0. The van der Waals surface area contributed by atoms with Gasteiger partial charge in [0.05, 0.1) is 5.39 Å². The number of hydrogen-bond donors (Lipinski definition) is 1. The summed E-state index contributed by atoms with van der Waals surface area (Å²) in [5, 5.41) is 6.37. The second-order valence-corrected chi connectivity index (χ2v) is 5.89. The number of nitrogens with one attached hydrogen (secondary N) is 1. The van der Waals surface area contributed by atoms with Crippen molar-refractivity contribution < 1.29 is 9.18 Å². The molecule has 1 amide bonds. The molecule has 1 aromatic heterocycles. The molecule has 0 bridgehead atoms. The summed E-state index contributed by atoms with van der Waals surface area (Å²) in [6.45, 7) is 2.43. The number of amides is 1. The second kappa shape index (κ2) is 6.84. The van der Waals surface area contributed by atoms with Gasteiger partial charge in [-0.15, -0.1) is 0 Å². The van der Waals surface area contributed by atoms with Crippen molar-refractivity contribution in [2.45, 2.75) is 19.9 Å². The Bertz CT molecular complexity index is 980. The van der Waals surface area contributed by atoms with Gasteiger partial charge in [-0.2, -0.15) is 5.10 Å². The number of aromatic amines is 1. The Kier molecular flexibility index (Phi) is 4.61. The molecule has 0 saturated heterocycles. The molecule has 0 saturated carbocycles. The fourth-order valence-corrected chi connectivity index (χ4v) is 2.67. The quantitative estimate of drug-likeness (QED) is 0.795. The Balaban J connectivity index is 1.88. The maximum Gasteiger partial charge on any atom is 0.278 e. The number of fused-ring (bicyclic) bond motifs is 1. The van der Waals surface area contributed by atoms with Crippen LogP contribution < -0.4 is 5.43 Å². The zero-order chi connectivity index (χ0) is 18.0. The first kappa shape index (κ1) is 16.8. The molecular formula is C19H18FN3O2. The fourth-order valence-electron chi connectivity index (χ4n) is 2.67. The molecule has 3 rings (SSSR count). The lowest BCUT2D eigenvalue weighted by molar-refractivity contribution is 0.0777. The van der Waals surface area contributed by atoms with E-state index in [1.165, 1.54) is 28.7 Å². The number of carbonyl (C=O) groups excluding carboxylic acids is 1. The Labute approximate surface area is 144 Å². The van der Waals surface area contributed by atoms with E-state index >= 15 is 0 Å². The third-order valence-corrected chi connectivity index (χ3v) is 4.15. The number of halogens is 1. The van der Waals surface area contributed by atoms with Crippen LogP contribution in [0.2, 0.25) is 0 Å². The van der Waals surface area contributed by atoms with Crippen LogP contribution in [0.15, 0.2) is 47.3 Å². The predicted molar refractivity (Wildman–Crippen MR) is 93.9 cm³/mol. The molecular weight excluding hydrogens is 321 g/mol. The SMILES string of the molecule is CCc1ccc(CN(C)C(=O)c2n[nH]c3c(F)cccc3c2=O)cc1. The molecule has 0 spiro atoms. The molecule has 3 aromatic rings. The highest BCUT2D eigenvalue weighted by Gasteiger charge is 2.20. The van der Waals surface area contributed by atoms with Crippen LogP contribution in [-0.2, 0) is 13.0 Å². The monoisotopic (exact) mass is 339 g/mol. The topological polar surface area (TPSA) is 66.1 Å². The van der Waals surface area contributed by atoms with Gasteiger partial charge >= 0.3 is 0 Å². The van der Waals surface area contributed by atoms with E-state index < -0.39 is 17.2 Å². The Morgan fingerprint density at radius 2 is 1.84 bits per heavy atom. The fraction of sp³-hybridized carbons (Fsp3) is 0.211. The maximum atomic E-state index is 13.7. The van der Waals surface area contributed by atoms with Crippen LogP contribution in [-0.4, -0.2) is 28.1 Å². The number of nitrogens with zero attached hydrogens (tertiary/aromatic N) is 2. The van der Waals surface area contributed by atoms with Crippen LogP contribution in [0.3, 0.4) is 0 Å². The van der Waals surface area contributed by atoms with Crippen LogP contribution in [0.4, 0.5) is 4.39 Å². The minimum absolute atomic E-state index is 0.00172. The number of para-hydroxylation sites is 1. The van der Waals surface area contributed by atoms with Crippen molar-refractivity contribution in [3.63, 3.8) is 0 Å². The van der Waals surface area contributed by atoms with Gasteiger partial charge in [-0.1, -0.05) is 37.3 Å². The minimum atomic E-state index is -0.578. The van der Waals surface area contributed by atoms with Gasteiger partial charge in [-0.3, -0.25) is 14.7 Å². The number of aromatic nitrogens is 2. The Hall–Kier alpha value is -3.02. The van der Waals surface area contributed by atoms with Gasteiger partial charge < -0.3 is 4.90 Å². The van der Waals surface area contributed by atoms with Gasteiger partial charge in [0.2, 0.25) is 5.43 Å². The summed E-state index contributed by atoms with van der Waals surface area (Å²) in [4.78, 5) is 26.5. The van der Waals surface area contributed by atoms with Gasteiger partial charge in [0.15, 0.2) is 5.69 Å². The second-order valence-electron chi connectivity index (χ2n) is 5.89. The standard InChI is InChI=1S/C19H18FN3O2/c1-3-12-7-9-13(10-8-12)11-23(2)19(25)17-18(24)14-5-4-6-15(20)16(14)21-22-17/h4-10H,3,11H2,1-2H3,(H,21,24). The number of aryl methyl sites for hydroxylation is 1. The molecule has 128 valence electrons. The van der Waals surface area contributed by atoms with E-state index in [1.54, 1.807) is 7.05 Å². The minimum Gasteiger partial charge on any atom is -0.336 e. The zero-order valence-electron chi connectivity index (χ0n) is 14.0. The third kappa shape index (κ3) is 3.28. The van der Waals surface area contributed by atoms with Crippen LogP contribution >= 0.6 is 0 Å². The van der Waals surface area contributed by atoms with Crippen molar-refractivity contribution in [2.75, 3.05) is 7.05 Å². The summed E-state index contributed by atoms with van der Waals surface area (Å²) >= 11 is 0. The average Bonchev–Trinajstić information content (AvgIpc) is 2.63. The van der Waals surface area contributed by atoms with Gasteiger partial charge in [0, 0.05) is 13.6 Å². The van der Waals surface area contributed by atoms with Crippen molar-refractivity contribution in [2.24, 2.45) is 0 Å². The van der Waals surface area contributed by atoms with Crippen molar-refractivity contribution >= 4 is 16.8 Å². The summed E-state index contributed by atoms with van der Waals surface area (Å²) in [5.41, 5.74) is 1.35. The molecule has 25 heavy (non-hydrogen) atoms. The molecule has 1 heterocycles. The summed E-state index contributed by atoms with van der Waals surface area (Å²) in [6.07, 6.45) is 0.946. The van der Waals surface area contributed by atoms with Crippen molar-refractivity contribution in [1.82, 2.24) is 15.1 Å². The van der Waals surface area contributed by atoms with E-state index in [4.69, 9.17) is 0 Å². The third-order valence-electron chi connectivity index (χ3n) is 4.15. The maximum absolute atomic E-state index is 13.7. The molecule has 1 N–H and O–H groups in total. The Morgan fingerprint density at radius 3 is 2.52 bits per heavy atom. The van der Waals surface area contributed by atoms with Crippen LogP contribution in [0.5, 0.6) is 0 Å². The van der Waals surface area contributed by atoms with Crippen molar-refractivity contribution in [1.29, 1.82) is 0 Å². The highest BCUT2D eigenvalue weighted by Crippen LogP contribution is 2.12. The van der Waals surface area contributed by atoms with Gasteiger partial charge in [0.25, 0.3) is 5.91 Å². The Morgan fingerprint density at radius 1 is 1.16 bits per heavy atom. The van der Waals surface area contributed by atoms with Crippen molar-refractivity contribution in [3.8, 4) is 0 Å². The first-order valence-corrected chi connectivity index (χ1v) is 8.01. The van der Waals surface area contributed by atoms with Crippen LogP contribution in [0.25, 0.3) is 10.9 Å². The number of benzene rings is 2. The number of hydrogen-bond acceptors (Lipinski definition) is 3. The number of H-pyrrole nitrogens is 1. The highest BCUT2D eigenvalue weighted by molar-refractivity contribution is 5.95. The lowest BCUT2D eigenvalue weighted by Gasteiger charge is -2.16. The summed E-state index contributed by atoms with van der Waals surface area (Å²) < 4.78 is 13.7. The van der Waals surface area contributed by atoms with Gasteiger partial charge in [-0.05, 0) is 29.7 Å². The van der Waals surface area contributed by atoms with Gasteiger partial charge in [0.1, 0.15) is 11.3 Å². The van der Waals surface area contributed by atoms with E-state index in [2.05, 4.69) is 17.1 Å². The summed E-state index contributed by atoms with van der Waals surface area (Å²) in [6, 6.07) is 12.1. The molecule has 2 aromatic carbocycles. The van der Waals surface area contributed by atoms with Crippen molar-refractivity contribution in [3.05, 3.63) is 75.3 Å². The molecule has 0 aliphatic rings. The summed E-state index contributed by atoms with van der Waals surface area (Å²) in [5.74, 6) is -1.09.